The molecule has 0 spiro atoms. The van der Waals surface area contributed by atoms with Crippen molar-refractivity contribution in [1.82, 2.24) is 0 Å². The Labute approximate surface area is 253 Å². The molecule has 1 unspecified atom stereocenters. The number of allylic oxidation sites excluding steroid dienone is 2. The Morgan fingerprint density at radius 2 is 1.23 bits per heavy atom. The summed E-state index contributed by atoms with van der Waals surface area (Å²) in [5.74, 6) is -16.0. The predicted molar refractivity (Wildman–Crippen MR) is 164 cm³/mol. The smallest absolute Gasteiger partial charge is 0.359 e. The molecule has 0 bridgehead atoms. The third kappa shape index (κ3) is 3.91. The van der Waals surface area contributed by atoms with Crippen LogP contribution in [0.15, 0.2) is 60.7 Å². The summed E-state index contributed by atoms with van der Waals surface area (Å²) in [5, 5.41) is 2.89. The van der Waals surface area contributed by atoms with Crippen LogP contribution >= 0.6 is 34.0 Å². The molecule has 0 saturated carbocycles. The van der Waals surface area contributed by atoms with Crippen LogP contribution in [0.2, 0.25) is 0 Å². The molecule has 1 atom stereocenters. The van der Waals surface area contributed by atoms with E-state index in [1.807, 2.05) is 36.4 Å². The minimum Gasteiger partial charge on any atom is -0.359 e. The fourth-order valence-corrected chi connectivity index (χ4v) is 9.81. The predicted octanol–water partition coefficient (Wildman–Crippen LogP) is 11.3. The van der Waals surface area contributed by atoms with Gasteiger partial charge in [0.25, 0.3) is 0 Å². The highest BCUT2D eigenvalue weighted by molar-refractivity contribution is 7.26. The highest BCUT2D eigenvalue weighted by atomic mass is 32.1. The number of hydrogen-bond donors (Lipinski definition) is 0. The molecular formula is C32H22F6O2S3. The van der Waals surface area contributed by atoms with Crippen molar-refractivity contribution in [3.63, 3.8) is 0 Å². The van der Waals surface area contributed by atoms with E-state index in [0.717, 1.165) is 42.8 Å². The molecule has 0 amide bonds. The summed E-state index contributed by atoms with van der Waals surface area (Å²) in [4.78, 5) is -0.617. The third-order valence-corrected chi connectivity index (χ3v) is 11.6. The quantitative estimate of drug-likeness (QED) is 0.132. The number of rotatable bonds is 6. The van der Waals surface area contributed by atoms with Gasteiger partial charge in [0.05, 0.1) is 17.3 Å². The van der Waals surface area contributed by atoms with Crippen molar-refractivity contribution < 1.29 is 35.8 Å². The van der Waals surface area contributed by atoms with Crippen LogP contribution < -0.4 is 0 Å². The average molecular weight is 649 g/mol. The molecule has 3 heterocycles. The average Bonchev–Trinajstić information content (AvgIpc) is 3.65. The Morgan fingerprint density at radius 1 is 0.674 bits per heavy atom. The molecule has 1 aliphatic rings. The molecule has 0 fully saturated rings. The van der Waals surface area contributed by atoms with Gasteiger partial charge in [0.1, 0.15) is 6.79 Å². The van der Waals surface area contributed by atoms with E-state index in [1.54, 1.807) is 31.2 Å². The van der Waals surface area contributed by atoms with Gasteiger partial charge in [-0.15, -0.1) is 34.0 Å². The van der Waals surface area contributed by atoms with Crippen LogP contribution in [0.25, 0.3) is 51.5 Å². The highest BCUT2D eigenvalue weighted by Gasteiger charge is 2.81. The van der Waals surface area contributed by atoms with E-state index in [1.165, 1.54) is 25.4 Å². The van der Waals surface area contributed by atoms with Gasteiger partial charge in [0.15, 0.2) is 0 Å². The molecule has 0 aliphatic heterocycles. The molecule has 2 nitrogen and oxygen atoms in total. The number of fused-ring (bicyclic) bond motifs is 5. The van der Waals surface area contributed by atoms with E-state index < -0.39 is 35.0 Å². The summed E-state index contributed by atoms with van der Waals surface area (Å²) >= 11 is 3.14. The zero-order chi connectivity index (χ0) is 30.5. The van der Waals surface area contributed by atoms with Gasteiger partial charge in [-0.3, -0.25) is 0 Å². The molecule has 11 heteroatoms. The first kappa shape index (κ1) is 28.8. The maximum atomic E-state index is 15.9. The van der Waals surface area contributed by atoms with Crippen molar-refractivity contribution in [2.24, 2.45) is 0 Å². The van der Waals surface area contributed by atoms with Crippen molar-refractivity contribution >= 4 is 85.5 Å². The first-order valence-electron chi connectivity index (χ1n) is 13.3. The Morgan fingerprint density at radius 3 is 1.91 bits per heavy atom. The lowest BCUT2D eigenvalue weighted by Gasteiger charge is -2.26. The monoisotopic (exact) mass is 648 g/mol. The molecular weight excluding hydrogens is 627 g/mol. The maximum absolute atomic E-state index is 15.9. The van der Waals surface area contributed by atoms with Gasteiger partial charge in [-0.2, -0.15) is 26.3 Å². The summed E-state index contributed by atoms with van der Waals surface area (Å²) in [6, 6.07) is 18.0. The van der Waals surface area contributed by atoms with Crippen molar-refractivity contribution in [2.75, 3.05) is 13.9 Å². The lowest BCUT2D eigenvalue weighted by molar-refractivity contribution is -0.254. The van der Waals surface area contributed by atoms with Gasteiger partial charge in [-0.25, -0.2) is 0 Å². The number of aryl methyl sites for hydroxylation is 1. The minimum absolute atomic E-state index is 0.143. The first-order chi connectivity index (χ1) is 20.4. The SMILES string of the molecule is COCOC(C)c1c(C2=C(c3sc4cc5sc6ccccc6c5cc4c3C)C(F)(F)C(F)(F)C2(F)F)sc2ccccc12. The minimum atomic E-state index is -5.66. The second-order valence-corrected chi connectivity index (χ2v) is 13.7. The molecule has 7 rings (SSSR count). The van der Waals surface area contributed by atoms with Crippen LogP contribution in [0.1, 0.15) is 33.9 Å². The topological polar surface area (TPSA) is 18.5 Å². The van der Waals surface area contributed by atoms with Crippen molar-refractivity contribution in [2.45, 2.75) is 37.7 Å². The molecule has 43 heavy (non-hydrogen) atoms. The number of halogens is 6. The third-order valence-electron chi connectivity index (χ3n) is 8.03. The Bertz CT molecular complexity index is 2100. The fourth-order valence-electron chi connectivity index (χ4n) is 5.92. The van der Waals surface area contributed by atoms with Gasteiger partial charge >= 0.3 is 17.8 Å². The zero-order valence-electron chi connectivity index (χ0n) is 22.9. The van der Waals surface area contributed by atoms with Gasteiger partial charge < -0.3 is 9.47 Å². The molecule has 1 aliphatic carbocycles. The zero-order valence-corrected chi connectivity index (χ0v) is 25.3. The highest BCUT2D eigenvalue weighted by Crippen LogP contribution is 2.67. The van der Waals surface area contributed by atoms with E-state index in [2.05, 4.69) is 0 Å². The molecule has 0 N–H and O–H groups in total. The fraction of sp³-hybridized carbons (Fsp3) is 0.250. The van der Waals surface area contributed by atoms with Crippen LogP contribution in [-0.4, -0.2) is 31.7 Å². The second-order valence-electron chi connectivity index (χ2n) is 10.5. The molecule has 3 aromatic carbocycles. The van der Waals surface area contributed by atoms with Crippen molar-refractivity contribution in [3.8, 4) is 0 Å². The molecule has 0 saturated heterocycles. The van der Waals surface area contributed by atoms with Gasteiger partial charge in [0.2, 0.25) is 0 Å². The molecule has 6 aromatic rings. The summed E-state index contributed by atoms with van der Waals surface area (Å²) < 4.78 is 108. The summed E-state index contributed by atoms with van der Waals surface area (Å²) in [5.41, 5.74) is -2.29. The number of hydrogen-bond acceptors (Lipinski definition) is 5. The number of thiophene rings is 3. The van der Waals surface area contributed by atoms with Gasteiger partial charge in [0, 0.05) is 52.0 Å². The van der Waals surface area contributed by atoms with Crippen molar-refractivity contribution in [1.29, 1.82) is 0 Å². The van der Waals surface area contributed by atoms with Crippen LogP contribution in [0.5, 0.6) is 0 Å². The summed E-state index contributed by atoms with van der Waals surface area (Å²) in [6.07, 6.45) is -0.915. The molecule has 222 valence electrons. The van der Waals surface area contributed by atoms with E-state index >= 15 is 26.3 Å². The van der Waals surface area contributed by atoms with E-state index in [9.17, 15) is 0 Å². The van der Waals surface area contributed by atoms with Crippen LogP contribution in [0.3, 0.4) is 0 Å². The largest absolute Gasteiger partial charge is 0.380 e. The van der Waals surface area contributed by atoms with E-state index in [0.29, 0.717) is 20.2 Å². The Balaban J connectivity index is 1.56. The Kier molecular flexibility index (Phi) is 6.54. The lowest BCUT2D eigenvalue weighted by Crippen LogP contribution is -2.48. The number of alkyl halides is 6. The lowest BCUT2D eigenvalue weighted by atomic mass is 9.96. The van der Waals surface area contributed by atoms with Crippen LogP contribution in [0, 0.1) is 6.92 Å². The van der Waals surface area contributed by atoms with E-state index in [-0.39, 0.29) is 27.7 Å². The standard InChI is InChI=1S/C32H22F6O2S3/c1-15-19-12-20-17-8-4-6-10-21(17)41-24(20)13-23(19)43-28(15)26-27(31(35,36)32(37,38)30(26,33)34)29-25(16(2)40-14-39-3)18-9-5-7-11-22(18)42-29/h4-13,16H,14H2,1-3H3. The van der Waals surface area contributed by atoms with Crippen LogP contribution in [-0.2, 0) is 9.47 Å². The maximum Gasteiger partial charge on any atom is 0.380 e. The second kappa shape index (κ2) is 9.77. The van der Waals surface area contributed by atoms with Gasteiger partial charge in [-0.1, -0.05) is 36.4 Å². The van der Waals surface area contributed by atoms with Crippen molar-refractivity contribution in [3.05, 3.63) is 81.5 Å². The number of benzene rings is 3. The van der Waals surface area contributed by atoms with Gasteiger partial charge in [-0.05, 0) is 54.4 Å². The Hall–Kier alpha value is -2.96. The number of ether oxygens (including phenoxy) is 2. The van der Waals surface area contributed by atoms with E-state index in [4.69, 9.17) is 9.47 Å². The number of methoxy groups -OCH3 is 1. The first-order valence-corrected chi connectivity index (χ1v) is 15.7. The normalized spacial score (nSPS) is 18.5. The molecule has 3 aromatic heterocycles. The molecule has 0 radical (unpaired) electrons. The summed E-state index contributed by atoms with van der Waals surface area (Å²) in [6.45, 7) is 2.88. The summed E-state index contributed by atoms with van der Waals surface area (Å²) in [7, 11) is 1.38. The van der Waals surface area contributed by atoms with Crippen LogP contribution in [0.4, 0.5) is 26.3 Å².